The third-order valence-corrected chi connectivity index (χ3v) is 4.67. The van der Waals surface area contributed by atoms with Gasteiger partial charge in [-0.2, -0.15) is 0 Å². The third kappa shape index (κ3) is 3.65. The van der Waals surface area contributed by atoms with Gasteiger partial charge in [0, 0.05) is 26.7 Å². The maximum atomic E-state index is 11.9. The van der Waals surface area contributed by atoms with Crippen LogP contribution in [0.2, 0.25) is 0 Å². The molecular formula is C14H24N2O5. The molecule has 0 bridgehead atoms. The molecule has 2 rings (SSSR count). The van der Waals surface area contributed by atoms with Gasteiger partial charge in [-0.25, -0.2) is 4.79 Å². The molecule has 0 aromatic heterocycles. The number of methoxy groups -OCH3 is 1. The number of rotatable bonds is 6. The molecule has 0 aromatic carbocycles. The van der Waals surface area contributed by atoms with E-state index in [-0.39, 0.29) is 12.6 Å². The number of carbonyl (C=O) groups is 2. The number of carboxylic acids is 1. The van der Waals surface area contributed by atoms with Gasteiger partial charge in [0.1, 0.15) is 5.60 Å². The average molecular weight is 300 g/mol. The molecule has 2 amide bonds. The Balaban J connectivity index is 1.78. The molecule has 1 heterocycles. The third-order valence-electron chi connectivity index (χ3n) is 4.67. The normalized spacial score (nSPS) is 27.5. The van der Waals surface area contributed by atoms with Crippen LogP contribution in [0.15, 0.2) is 0 Å². The van der Waals surface area contributed by atoms with E-state index in [9.17, 15) is 14.7 Å². The van der Waals surface area contributed by atoms with E-state index in [0.717, 1.165) is 19.3 Å². The van der Waals surface area contributed by atoms with Crippen molar-refractivity contribution in [2.45, 2.75) is 37.7 Å². The highest BCUT2D eigenvalue weighted by Gasteiger charge is 2.41. The Labute approximate surface area is 124 Å². The van der Waals surface area contributed by atoms with Gasteiger partial charge in [0.25, 0.3) is 0 Å². The zero-order chi connectivity index (χ0) is 15.3. The number of hydrogen-bond donors (Lipinski definition) is 3. The molecule has 1 unspecified atom stereocenters. The Hall–Kier alpha value is -1.34. The van der Waals surface area contributed by atoms with Gasteiger partial charge < -0.3 is 25.2 Å². The predicted octanol–water partition coefficient (Wildman–Crippen LogP) is 0.736. The molecule has 7 nitrogen and oxygen atoms in total. The maximum absolute atomic E-state index is 11.9. The molecule has 1 aliphatic heterocycles. The minimum absolute atomic E-state index is 0.171. The first kappa shape index (κ1) is 16.0. The fourth-order valence-corrected chi connectivity index (χ4v) is 3.03. The quantitative estimate of drug-likeness (QED) is 0.672. The van der Waals surface area contributed by atoms with Crippen molar-refractivity contribution in [2.75, 3.05) is 33.4 Å². The molecule has 7 heteroatoms. The van der Waals surface area contributed by atoms with Gasteiger partial charge in [0.2, 0.25) is 0 Å². The Bertz CT molecular complexity index is 387. The van der Waals surface area contributed by atoms with Crippen LogP contribution >= 0.6 is 0 Å². The van der Waals surface area contributed by atoms with Crippen molar-refractivity contribution in [1.29, 1.82) is 0 Å². The van der Waals surface area contributed by atoms with Crippen molar-refractivity contribution in [1.82, 2.24) is 10.6 Å². The monoisotopic (exact) mass is 300 g/mol. The molecular weight excluding hydrogens is 276 g/mol. The van der Waals surface area contributed by atoms with E-state index in [0.29, 0.717) is 32.6 Å². The second-order valence-electron chi connectivity index (χ2n) is 6.02. The summed E-state index contributed by atoms with van der Waals surface area (Å²) in [5.41, 5.74) is -1.26. The lowest BCUT2D eigenvalue weighted by Gasteiger charge is -2.27. The van der Waals surface area contributed by atoms with Gasteiger partial charge >= 0.3 is 12.0 Å². The summed E-state index contributed by atoms with van der Waals surface area (Å²) >= 11 is 0. The average Bonchev–Trinajstić information content (AvgIpc) is 3.13. The van der Waals surface area contributed by atoms with E-state index >= 15 is 0 Å². The summed E-state index contributed by atoms with van der Waals surface area (Å²) in [6, 6.07) is -0.356. The number of urea groups is 1. The maximum Gasteiger partial charge on any atom is 0.314 e. The van der Waals surface area contributed by atoms with Gasteiger partial charge in [-0.05, 0) is 12.8 Å². The summed E-state index contributed by atoms with van der Waals surface area (Å²) in [6.07, 6.45) is 3.79. The fourth-order valence-electron chi connectivity index (χ4n) is 3.03. The van der Waals surface area contributed by atoms with Crippen LogP contribution < -0.4 is 10.6 Å². The van der Waals surface area contributed by atoms with Crippen LogP contribution in [-0.2, 0) is 14.3 Å². The van der Waals surface area contributed by atoms with Crippen LogP contribution in [0.3, 0.4) is 0 Å². The topological polar surface area (TPSA) is 96.9 Å². The Morgan fingerprint density at radius 2 is 1.86 bits per heavy atom. The number of carbonyl (C=O) groups excluding carboxylic acids is 1. The van der Waals surface area contributed by atoms with Crippen molar-refractivity contribution < 1.29 is 24.2 Å². The highest BCUT2D eigenvalue weighted by atomic mass is 16.5. The molecule has 1 saturated heterocycles. The first-order chi connectivity index (χ1) is 10.0. The highest BCUT2D eigenvalue weighted by molar-refractivity contribution is 5.78. The van der Waals surface area contributed by atoms with Gasteiger partial charge in [-0.15, -0.1) is 0 Å². The summed E-state index contributed by atoms with van der Waals surface area (Å²) < 4.78 is 10.7. The standard InChI is InChI=1S/C14H24N2O5/c1-20-14(6-7-21-10-14)9-16-12(19)15-8-13(11(17)18)4-2-3-5-13/h2-10H2,1H3,(H,17,18)(H2,15,16,19). The number of amides is 2. The number of hydrogen-bond acceptors (Lipinski definition) is 4. The van der Waals surface area contributed by atoms with E-state index in [1.807, 2.05) is 0 Å². The number of nitrogens with one attached hydrogen (secondary N) is 2. The molecule has 21 heavy (non-hydrogen) atoms. The van der Waals surface area contributed by atoms with E-state index in [1.165, 1.54) is 0 Å². The Morgan fingerprint density at radius 3 is 2.38 bits per heavy atom. The SMILES string of the molecule is COC1(CNC(=O)NCC2(C(=O)O)CCCC2)CCOC1. The summed E-state index contributed by atoms with van der Waals surface area (Å²) in [5.74, 6) is -0.821. The molecule has 3 N–H and O–H groups in total. The summed E-state index contributed by atoms with van der Waals surface area (Å²) in [6.45, 7) is 1.61. The lowest BCUT2D eigenvalue weighted by atomic mass is 9.86. The largest absolute Gasteiger partial charge is 0.481 e. The predicted molar refractivity (Wildman–Crippen MR) is 75.1 cm³/mol. The first-order valence-electron chi connectivity index (χ1n) is 7.40. The van der Waals surface area contributed by atoms with E-state index in [4.69, 9.17) is 9.47 Å². The van der Waals surface area contributed by atoms with Gasteiger partial charge in [-0.3, -0.25) is 4.79 Å². The molecule has 120 valence electrons. The molecule has 0 spiro atoms. The van der Waals surface area contributed by atoms with E-state index in [1.54, 1.807) is 7.11 Å². The smallest absolute Gasteiger partial charge is 0.314 e. The highest BCUT2D eigenvalue weighted by Crippen LogP contribution is 2.37. The molecule has 1 saturated carbocycles. The zero-order valence-corrected chi connectivity index (χ0v) is 12.4. The summed E-state index contributed by atoms with van der Waals surface area (Å²) in [7, 11) is 1.60. The van der Waals surface area contributed by atoms with Crippen molar-refractivity contribution in [3.8, 4) is 0 Å². The molecule has 1 aliphatic carbocycles. The Kier molecular flexibility index (Phi) is 5.05. The van der Waals surface area contributed by atoms with E-state index < -0.39 is 17.0 Å². The molecule has 0 aromatic rings. The molecule has 2 aliphatic rings. The van der Waals surface area contributed by atoms with Crippen LogP contribution in [0.4, 0.5) is 4.79 Å². The second-order valence-corrected chi connectivity index (χ2v) is 6.02. The molecule has 2 fully saturated rings. The van der Waals surface area contributed by atoms with Crippen LogP contribution in [-0.4, -0.2) is 56.1 Å². The second kappa shape index (κ2) is 6.62. The van der Waals surface area contributed by atoms with Crippen LogP contribution in [0.25, 0.3) is 0 Å². The van der Waals surface area contributed by atoms with E-state index in [2.05, 4.69) is 10.6 Å². The fraction of sp³-hybridized carbons (Fsp3) is 0.857. The Morgan fingerprint density at radius 1 is 1.19 bits per heavy atom. The van der Waals surface area contributed by atoms with Crippen LogP contribution in [0.5, 0.6) is 0 Å². The number of ether oxygens (including phenoxy) is 2. The van der Waals surface area contributed by atoms with Crippen molar-refractivity contribution in [2.24, 2.45) is 5.41 Å². The van der Waals surface area contributed by atoms with Crippen molar-refractivity contribution >= 4 is 12.0 Å². The number of aliphatic carboxylic acids is 1. The van der Waals surface area contributed by atoms with Crippen molar-refractivity contribution in [3.05, 3.63) is 0 Å². The van der Waals surface area contributed by atoms with Crippen LogP contribution in [0, 0.1) is 5.41 Å². The molecule has 1 atom stereocenters. The molecule has 0 radical (unpaired) electrons. The van der Waals surface area contributed by atoms with Gasteiger partial charge in [0.05, 0.1) is 18.6 Å². The number of carboxylic acid groups (broad SMARTS) is 1. The van der Waals surface area contributed by atoms with Gasteiger partial charge in [0.15, 0.2) is 0 Å². The van der Waals surface area contributed by atoms with Gasteiger partial charge in [-0.1, -0.05) is 12.8 Å². The lowest BCUT2D eigenvalue weighted by Crippen LogP contribution is -2.50. The van der Waals surface area contributed by atoms with Crippen molar-refractivity contribution in [3.63, 3.8) is 0 Å². The van der Waals surface area contributed by atoms with Crippen LogP contribution in [0.1, 0.15) is 32.1 Å². The minimum Gasteiger partial charge on any atom is -0.481 e. The summed E-state index contributed by atoms with van der Waals surface area (Å²) in [5, 5.41) is 14.8. The minimum atomic E-state index is -0.821. The summed E-state index contributed by atoms with van der Waals surface area (Å²) in [4.78, 5) is 23.3. The lowest BCUT2D eigenvalue weighted by molar-refractivity contribution is -0.148. The first-order valence-corrected chi connectivity index (χ1v) is 7.40. The zero-order valence-electron chi connectivity index (χ0n) is 12.4.